The Hall–Kier alpha value is -1.59. The molecule has 2 aliphatic rings. The molecule has 2 rings (SSSR count). The summed E-state index contributed by atoms with van der Waals surface area (Å²) in [6, 6.07) is 0. The number of methoxy groups -OCH3 is 2. The zero-order valence-corrected chi connectivity index (χ0v) is 12.7. The molecule has 0 heterocycles. The molecule has 6 nitrogen and oxygen atoms in total. The van der Waals surface area contributed by atoms with Crippen molar-refractivity contribution >= 4 is 17.9 Å². The van der Waals surface area contributed by atoms with Crippen LogP contribution in [-0.2, 0) is 28.6 Å². The Morgan fingerprint density at radius 3 is 2.00 bits per heavy atom. The molecule has 2 aliphatic carbocycles. The lowest BCUT2D eigenvalue weighted by Gasteiger charge is -2.24. The summed E-state index contributed by atoms with van der Waals surface area (Å²) in [7, 11) is 2.56. The summed E-state index contributed by atoms with van der Waals surface area (Å²) in [6.07, 6.45) is 3.17. The summed E-state index contributed by atoms with van der Waals surface area (Å²) in [5.41, 5.74) is 0. The lowest BCUT2D eigenvalue weighted by Crippen LogP contribution is -2.35. The van der Waals surface area contributed by atoms with Crippen LogP contribution in [0.5, 0.6) is 0 Å². The van der Waals surface area contributed by atoms with Crippen molar-refractivity contribution < 1.29 is 28.6 Å². The topological polar surface area (TPSA) is 78.9 Å². The van der Waals surface area contributed by atoms with E-state index in [2.05, 4.69) is 0 Å². The molecule has 118 valence electrons. The van der Waals surface area contributed by atoms with Gasteiger partial charge in [-0.3, -0.25) is 14.4 Å². The standard InChI is InChI=1S/C15H22O6/c1-8(16)21-12-7-6-9-10(12)4-5-11(9)13(14(17)19-2)15(18)20-3/h9-13H,4-7H2,1-3H3/t9-,10-,11-,12-/m1/s1. The Kier molecular flexibility index (Phi) is 4.85. The van der Waals surface area contributed by atoms with Crippen LogP contribution in [0.15, 0.2) is 0 Å². The van der Waals surface area contributed by atoms with Crippen molar-refractivity contribution in [2.24, 2.45) is 23.7 Å². The quantitative estimate of drug-likeness (QED) is 0.442. The molecular weight excluding hydrogens is 276 g/mol. The fourth-order valence-electron chi connectivity index (χ4n) is 4.06. The van der Waals surface area contributed by atoms with Crippen LogP contribution in [0.4, 0.5) is 0 Å². The molecule has 0 spiro atoms. The summed E-state index contributed by atoms with van der Waals surface area (Å²) in [5.74, 6) is -1.87. The van der Waals surface area contributed by atoms with Gasteiger partial charge in [0.1, 0.15) is 6.10 Å². The van der Waals surface area contributed by atoms with Crippen molar-refractivity contribution in [3.05, 3.63) is 0 Å². The fraction of sp³-hybridized carbons (Fsp3) is 0.800. The van der Waals surface area contributed by atoms with Crippen molar-refractivity contribution in [1.29, 1.82) is 0 Å². The van der Waals surface area contributed by atoms with E-state index in [0.29, 0.717) is 0 Å². The number of carbonyl (C=O) groups excluding carboxylic acids is 3. The predicted molar refractivity (Wildman–Crippen MR) is 72.0 cm³/mol. The van der Waals surface area contributed by atoms with E-state index >= 15 is 0 Å². The summed E-state index contributed by atoms with van der Waals surface area (Å²) < 4.78 is 14.9. The minimum absolute atomic E-state index is 0.0875. The molecule has 0 saturated heterocycles. The molecule has 21 heavy (non-hydrogen) atoms. The van der Waals surface area contributed by atoms with Gasteiger partial charge in [-0.1, -0.05) is 0 Å². The van der Waals surface area contributed by atoms with Crippen LogP contribution in [0.25, 0.3) is 0 Å². The molecule has 0 aromatic rings. The molecule has 2 saturated carbocycles. The molecule has 4 atom stereocenters. The van der Waals surface area contributed by atoms with Crippen LogP contribution in [0.2, 0.25) is 0 Å². The fourth-order valence-corrected chi connectivity index (χ4v) is 4.06. The molecule has 0 unspecified atom stereocenters. The Labute approximate surface area is 124 Å². The molecule has 0 aromatic heterocycles. The second-order valence-electron chi connectivity index (χ2n) is 5.82. The molecule has 2 fully saturated rings. The number of rotatable bonds is 4. The third-order valence-electron chi connectivity index (χ3n) is 4.85. The summed E-state index contributed by atoms with van der Waals surface area (Å²) in [5, 5.41) is 0. The minimum atomic E-state index is -0.869. The van der Waals surface area contributed by atoms with Gasteiger partial charge in [0.2, 0.25) is 0 Å². The summed E-state index contributed by atoms with van der Waals surface area (Å²) >= 11 is 0. The Bertz CT molecular complexity index is 416. The first-order valence-corrected chi connectivity index (χ1v) is 7.32. The lowest BCUT2D eigenvalue weighted by molar-refractivity contribution is -0.162. The second kappa shape index (κ2) is 6.45. The normalized spacial score (nSPS) is 30.9. The number of ether oxygens (including phenoxy) is 3. The Balaban J connectivity index is 2.13. The highest BCUT2D eigenvalue weighted by atomic mass is 16.5. The molecule has 0 radical (unpaired) electrons. The molecule has 0 N–H and O–H groups in total. The first-order valence-electron chi connectivity index (χ1n) is 7.32. The number of hydrogen-bond donors (Lipinski definition) is 0. The molecule has 6 heteroatoms. The molecule has 0 aliphatic heterocycles. The van der Waals surface area contributed by atoms with Crippen LogP contribution in [-0.4, -0.2) is 38.2 Å². The zero-order chi connectivity index (χ0) is 15.6. The highest BCUT2D eigenvalue weighted by Gasteiger charge is 2.52. The Morgan fingerprint density at radius 2 is 1.48 bits per heavy atom. The van der Waals surface area contributed by atoms with Crippen LogP contribution in [0, 0.1) is 23.7 Å². The minimum Gasteiger partial charge on any atom is -0.468 e. The van der Waals surface area contributed by atoms with Crippen LogP contribution < -0.4 is 0 Å². The van der Waals surface area contributed by atoms with E-state index in [9.17, 15) is 14.4 Å². The molecule has 0 amide bonds. The maximum absolute atomic E-state index is 11.9. The number of carbonyl (C=O) groups is 3. The van der Waals surface area contributed by atoms with E-state index < -0.39 is 17.9 Å². The average Bonchev–Trinajstić information content (AvgIpc) is 3.02. The van der Waals surface area contributed by atoms with E-state index in [-0.39, 0.29) is 29.8 Å². The van der Waals surface area contributed by atoms with Crippen LogP contribution in [0.1, 0.15) is 32.6 Å². The van der Waals surface area contributed by atoms with Crippen molar-refractivity contribution in [1.82, 2.24) is 0 Å². The molecule has 0 bridgehead atoms. The largest absolute Gasteiger partial charge is 0.468 e. The van der Waals surface area contributed by atoms with Gasteiger partial charge in [-0.15, -0.1) is 0 Å². The maximum Gasteiger partial charge on any atom is 0.320 e. The SMILES string of the molecule is COC(=O)C(C(=O)OC)[C@@H]1CC[C@@H]2[C@H]1CC[C@H]2OC(C)=O. The van der Waals surface area contributed by atoms with E-state index in [4.69, 9.17) is 14.2 Å². The maximum atomic E-state index is 11.9. The van der Waals surface area contributed by atoms with Crippen LogP contribution in [0.3, 0.4) is 0 Å². The van der Waals surface area contributed by atoms with Crippen molar-refractivity contribution in [2.45, 2.75) is 38.7 Å². The van der Waals surface area contributed by atoms with E-state index in [1.807, 2.05) is 0 Å². The van der Waals surface area contributed by atoms with Gasteiger partial charge >= 0.3 is 17.9 Å². The third kappa shape index (κ3) is 3.04. The highest BCUT2D eigenvalue weighted by molar-refractivity contribution is 5.95. The zero-order valence-electron chi connectivity index (χ0n) is 12.7. The Morgan fingerprint density at radius 1 is 0.905 bits per heavy atom. The summed E-state index contributed by atoms with van der Waals surface area (Å²) in [4.78, 5) is 35.0. The first kappa shape index (κ1) is 15.8. The van der Waals surface area contributed by atoms with Gasteiger partial charge in [0.25, 0.3) is 0 Å². The summed E-state index contributed by atoms with van der Waals surface area (Å²) in [6.45, 7) is 1.41. The number of hydrogen-bond acceptors (Lipinski definition) is 6. The monoisotopic (exact) mass is 298 g/mol. The van der Waals surface area contributed by atoms with Gasteiger partial charge in [-0.25, -0.2) is 0 Å². The molecule has 0 aromatic carbocycles. The molecular formula is C15H22O6. The van der Waals surface area contributed by atoms with Gasteiger partial charge in [0.15, 0.2) is 5.92 Å². The van der Waals surface area contributed by atoms with Gasteiger partial charge < -0.3 is 14.2 Å². The highest BCUT2D eigenvalue weighted by Crippen LogP contribution is 2.51. The van der Waals surface area contributed by atoms with Gasteiger partial charge in [-0.05, 0) is 43.4 Å². The van der Waals surface area contributed by atoms with Crippen molar-refractivity contribution in [3.8, 4) is 0 Å². The van der Waals surface area contributed by atoms with E-state index in [1.54, 1.807) is 0 Å². The number of esters is 3. The van der Waals surface area contributed by atoms with Crippen molar-refractivity contribution in [2.75, 3.05) is 14.2 Å². The average molecular weight is 298 g/mol. The third-order valence-corrected chi connectivity index (χ3v) is 4.85. The van der Waals surface area contributed by atoms with Gasteiger partial charge in [0.05, 0.1) is 14.2 Å². The predicted octanol–water partition coefficient (Wildman–Crippen LogP) is 1.32. The van der Waals surface area contributed by atoms with Crippen molar-refractivity contribution in [3.63, 3.8) is 0 Å². The van der Waals surface area contributed by atoms with E-state index in [1.165, 1.54) is 21.1 Å². The van der Waals surface area contributed by atoms with E-state index in [0.717, 1.165) is 25.7 Å². The smallest absolute Gasteiger partial charge is 0.320 e. The number of fused-ring (bicyclic) bond motifs is 1. The van der Waals surface area contributed by atoms with Crippen LogP contribution >= 0.6 is 0 Å². The first-order chi connectivity index (χ1) is 9.99. The second-order valence-corrected chi connectivity index (χ2v) is 5.82. The lowest BCUT2D eigenvalue weighted by atomic mass is 9.81. The van der Waals surface area contributed by atoms with Gasteiger partial charge in [0, 0.05) is 6.92 Å². The van der Waals surface area contributed by atoms with Gasteiger partial charge in [-0.2, -0.15) is 0 Å².